The maximum atomic E-state index is 10.6. The first kappa shape index (κ1) is 10.7. The molecule has 0 spiro atoms. The van der Waals surface area contributed by atoms with Gasteiger partial charge >= 0.3 is 0 Å². The Bertz CT molecular complexity index is 229. The van der Waals surface area contributed by atoms with Crippen LogP contribution in [0, 0.1) is 5.92 Å². The van der Waals surface area contributed by atoms with Gasteiger partial charge in [0, 0.05) is 6.54 Å². The second-order valence-electron chi connectivity index (χ2n) is 2.91. The molecule has 0 aromatic carbocycles. The van der Waals surface area contributed by atoms with Crippen LogP contribution in [0.15, 0.2) is 12.2 Å². The Kier molecular flexibility index (Phi) is 3.75. The lowest BCUT2D eigenvalue weighted by Crippen LogP contribution is -2.25. The van der Waals surface area contributed by atoms with E-state index in [1.165, 1.54) is 0 Å². The van der Waals surface area contributed by atoms with Gasteiger partial charge in [0.05, 0.1) is 6.26 Å². The molecule has 0 aliphatic rings. The molecule has 0 aliphatic carbocycles. The van der Waals surface area contributed by atoms with Gasteiger partial charge in [-0.1, -0.05) is 26.0 Å². The second kappa shape index (κ2) is 3.88. The topological polar surface area (TPSA) is 46.2 Å². The summed E-state index contributed by atoms with van der Waals surface area (Å²) in [7, 11) is -3.06. The average molecular weight is 177 g/mol. The third-order valence-electron chi connectivity index (χ3n) is 1.38. The SMILES string of the molecule is C=C(CNS(C)(=O)=O)C(C)C. The van der Waals surface area contributed by atoms with Gasteiger partial charge in [0.15, 0.2) is 0 Å². The zero-order valence-corrected chi connectivity index (χ0v) is 8.03. The first-order valence-corrected chi connectivity index (χ1v) is 5.34. The van der Waals surface area contributed by atoms with Gasteiger partial charge in [-0.15, -0.1) is 0 Å². The molecule has 3 nitrogen and oxygen atoms in total. The lowest BCUT2D eigenvalue weighted by Gasteiger charge is -2.08. The van der Waals surface area contributed by atoms with Gasteiger partial charge in [-0.2, -0.15) is 0 Å². The van der Waals surface area contributed by atoms with E-state index in [1.54, 1.807) is 0 Å². The number of rotatable bonds is 4. The molecule has 0 fully saturated rings. The number of sulfonamides is 1. The van der Waals surface area contributed by atoms with E-state index in [2.05, 4.69) is 11.3 Å². The fraction of sp³-hybridized carbons (Fsp3) is 0.714. The fourth-order valence-corrected chi connectivity index (χ4v) is 0.876. The maximum absolute atomic E-state index is 10.6. The molecule has 66 valence electrons. The van der Waals surface area contributed by atoms with Crippen molar-refractivity contribution in [2.24, 2.45) is 5.92 Å². The molecule has 11 heavy (non-hydrogen) atoms. The standard InChI is InChI=1S/C7H15NO2S/c1-6(2)7(3)5-8-11(4,9)10/h6,8H,3,5H2,1-2,4H3. The summed E-state index contributed by atoms with van der Waals surface area (Å²) in [5, 5.41) is 0. The van der Waals surface area contributed by atoms with Crippen LogP contribution in [0.4, 0.5) is 0 Å². The van der Waals surface area contributed by atoms with Crippen molar-refractivity contribution in [2.45, 2.75) is 13.8 Å². The van der Waals surface area contributed by atoms with Crippen molar-refractivity contribution in [3.05, 3.63) is 12.2 Å². The molecule has 0 bridgehead atoms. The highest BCUT2D eigenvalue weighted by atomic mass is 32.2. The summed E-state index contributed by atoms with van der Waals surface area (Å²) in [6.45, 7) is 8.03. The number of nitrogens with one attached hydrogen (secondary N) is 1. The highest BCUT2D eigenvalue weighted by Gasteiger charge is 2.03. The first-order chi connectivity index (χ1) is 4.83. The Balaban J connectivity index is 3.83. The summed E-state index contributed by atoms with van der Waals surface area (Å²) < 4.78 is 23.6. The normalized spacial score (nSPS) is 12.0. The highest BCUT2D eigenvalue weighted by molar-refractivity contribution is 7.88. The monoisotopic (exact) mass is 177 g/mol. The minimum atomic E-state index is -3.06. The van der Waals surface area contributed by atoms with Crippen molar-refractivity contribution in [2.75, 3.05) is 12.8 Å². The molecule has 0 amide bonds. The Morgan fingerprint density at radius 3 is 2.27 bits per heavy atom. The molecule has 0 aliphatic heterocycles. The smallest absolute Gasteiger partial charge is 0.208 e. The van der Waals surface area contributed by atoms with Crippen LogP contribution in [-0.2, 0) is 10.0 Å². The Hall–Kier alpha value is -0.350. The molecule has 0 saturated carbocycles. The van der Waals surface area contributed by atoms with Crippen molar-refractivity contribution >= 4 is 10.0 Å². The van der Waals surface area contributed by atoms with E-state index in [4.69, 9.17) is 0 Å². The molecule has 0 saturated heterocycles. The van der Waals surface area contributed by atoms with Crippen LogP contribution in [0.5, 0.6) is 0 Å². The van der Waals surface area contributed by atoms with Crippen LogP contribution in [0.1, 0.15) is 13.8 Å². The van der Waals surface area contributed by atoms with Gasteiger partial charge in [0.2, 0.25) is 10.0 Å². The van der Waals surface area contributed by atoms with E-state index in [0.29, 0.717) is 12.5 Å². The Labute approximate surface area is 68.5 Å². The molecule has 0 heterocycles. The fourth-order valence-electron chi connectivity index (χ4n) is 0.428. The van der Waals surface area contributed by atoms with Crippen molar-refractivity contribution in [1.82, 2.24) is 4.72 Å². The minimum absolute atomic E-state index is 0.323. The van der Waals surface area contributed by atoms with Crippen molar-refractivity contribution in [3.63, 3.8) is 0 Å². The lowest BCUT2D eigenvalue weighted by atomic mass is 10.1. The predicted molar refractivity (Wildman–Crippen MR) is 46.8 cm³/mol. The van der Waals surface area contributed by atoms with E-state index >= 15 is 0 Å². The van der Waals surface area contributed by atoms with Gasteiger partial charge in [-0.3, -0.25) is 0 Å². The summed E-state index contributed by atoms with van der Waals surface area (Å²) >= 11 is 0. The minimum Gasteiger partial charge on any atom is -0.213 e. The molecular weight excluding hydrogens is 162 g/mol. The first-order valence-electron chi connectivity index (χ1n) is 3.45. The Morgan fingerprint density at radius 1 is 1.55 bits per heavy atom. The molecular formula is C7H15NO2S. The summed E-state index contributed by atoms with van der Waals surface area (Å²) in [5.41, 5.74) is 0.899. The van der Waals surface area contributed by atoms with Crippen LogP contribution < -0.4 is 4.72 Å². The highest BCUT2D eigenvalue weighted by Crippen LogP contribution is 2.04. The third kappa shape index (κ3) is 6.06. The largest absolute Gasteiger partial charge is 0.213 e. The number of hydrogen-bond donors (Lipinski definition) is 1. The third-order valence-corrected chi connectivity index (χ3v) is 2.05. The van der Waals surface area contributed by atoms with Crippen LogP contribution >= 0.6 is 0 Å². The maximum Gasteiger partial charge on any atom is 0.208 e. The van der Waals surface area contributed by atoms with E-state index < -0.39 is 10.0 Å². The molecule has 0 rings (SSSR count). The van der Waals surface area contributed by atoms with Gasteiger partial charge in [-0.05, 0) is 5.92 Å². The summed E-state index contributed by atoms with van der Waals surface area (Å²) in [6.07, 6.45) is 1.14. The average Bonchev–Trinajstić information content (AvgIpc) is 1.80. The van der Waals surface area contributed by atoms with Gasteiger partial charge in [-0.25, -0.2) is 13.1 Å². The van der Waals surface area contributed by atoms with Crippen molar-refractivity contribution < 1.29 is 8.42 Å². The van der Waals surface area contributed by atoms with Crippen LogP contribution in [-0.4, -0.2) is 21.2 Å². The molecule has 0 atom stereocenters. The van der Waals surface area contributed by atoms with Crippen LogP contribution in [0.3, 0.4) is 0 Å². The lowest BCUT2D eigenvalue weighted by molar-refractivity contribution is 0.588. The van der Waals surface area contributed by atoms with Crippen molar-refractivity contribution in [1.29, 1.82) is 0 Å². The van der Waals surface area contributed by atoms with Crippen LogP contribution in [0.2, 0.25) is 0 Å². The molecule has 0 unspecified atom stereocenters. The van der Waals surface area contributed by atoms with E-state index in [1.807, 2.05) is 13.8 Å². The molecule has 0 aromatic rings. The Morgan fingerprint density at radius 2 is 2.00 bits per heavy atom. The predicted octanol–water partition coefficient (Wildman–Crippen LogP) is 0.748. The van der Waals surface area contributed by atoms with Gasteiger partial charge in [0.1, 0.15) is 0 Å². The molecule has 0 aromatic heterocycles. The van der Waals surface area contributed by atoms with Crippen LogP contribution in [0.25, 0.3) is 0 Å². The van der Waals surface area contributed by atoms with Gasteiger partial charge in [0.25, 0.3) is 0 Å². The quantitative estimate of drug-likeness (QED) is 0.644. The van der Waals surface area contributed by atoms with E-state index in [9.17, 15) is 8.42 Å². The number of hydrogen-bond acceptors (Lipinski definition) is 2. The summed E-state index contributed by atoms with van der Waals surface area (Å²) in [4.78, 5) is 0. The van der Waals surface area contributed by atoms with Crippen molar-refractivity contribution in [3.8, 4) is 0 Å². The van der Waals surface area contributed by atoms with E-state index in [-0.39, 0.29) is 0 Å². The summed E-state index contributed by atoms with van der Waals surface area (Å²) in [6, 6.07) is 0. The zero-order chi connectivity index (χ0) is 9.07. The zero-order valence-electron chi connectivity index (χ0n) is 7.22. The molecule has 0 radical (unpaired) electrons. The second-order valence-corrected chi connectivity index (χ2v) is 4.74. The van der Waals surface area contributed by atoms with E-state index in [0.717, 1.165) is 11.8 Å². The molecule has 1 N–H and O–H groups in total. The van der Waals surface area contributed by atoms with Gasteiger partial charge < -0.3 is 0 Å². The molecule has 4 heteroatoms. The summed E-state index contributed by atoms with van der Waals surface area (Å²) in [5.74, 6) is 0.323.